The summed E-state index contributed by atoms with van der Waals surface area (Å²) in [5.41, 5.74) is 1.48. The summed E-state index contributed by atoms with van der Waals surface area (Å²) in [6, 6.07) is 10.7. The molecule has 1 aromatic carbocycles. The molecule has 1 saturated carbocycles. The maximum absolute atomic E-state index is 2.25. The van der Waals surface area contributed by atoms with Gasteiger partial charge in [0.2, 0.25) is 0 Å². The summed E-state index contributed by atoms with van der Waals surface area (Å²) in [6.45, 7) is 2.25. The van der Waals surface area contributed by atoms with Crippen LogP contribution in [0.4, 0.5) is 0 Å². The van der Waals surface area contributed by atoms with E-state index in [1.54, 1.807) is 0 Å². The van der Waals surface area contributed by atoms with Crippen molar-refractivity contribution in [3.8, 4) is 0 Å². The van der Waals surface area contributed by atoms with Crippen LogP contribution in [-0.4, -0.2) is 0 Å². The Morgan fingerprint density at radius 1 is 0.722 bits per heavy atom. The Hall–Kier alpha value is -0.780. The molecule has 0 unspecified atom stereocenters. The number of unbranched alkanes of at least 4 members (excludes halogenated alkanes) is 3. The van der Waals surface area contributed by atoms with Gasteiger partial charge < -0.3 is 0 Å². The van der Waals surface area contributed by atoms with E-state index in [2.05, 4.69) is 37.3 Å². The first-order chi connectivity index (χ1) is 8.93. The van der Waals surface area contributed by atoms with Crippen molar-refractivity contribution in [3.63, 3.8) is 0 Å². The number of rotatable bonds is 5. The van der Waals surface area contributed by atoms with Gasteiger partial charge in [0, 0.05) is 0 Å². The first-order valence-corrected chi connectivity index (χ1v) is 7.97. The fourth-order valence-electron chi connectivity index (χ4n) is 2.46. The lowest BCUT2D eigenvalue weighted by Gasteiger charge is -2.05. The molecule has 0 N–H and O–H groups in total. The monoisotopic (exact) mass is 246 g/mol. The lowest BCUT2D eigenvalue weighted by Crippen LogP contribution is -1.85. The van der Waals surface area contributed by atoms with Gasteiger partial charge in [0.25, 0.3) is 0 Å². The van der Waals surface area contributed by atoms with Gasteiger partial charge in [-0.15, -0.1) is 0 Å². The Morgan fingerprint density at radius 3 is 1.78 bits per heavy atom. The Labute approximate surface area is 114 Å². The van der Waals surface area contributed by atoms with Crippen molar-refractivity contribution in [2.75, 3.05) is 0 Å². The first kappa shape index (κ1) is 15.3. The van der Waals surface area contributed by atoms with Gasteiger partial charge in [0.05, 0.1) is 0 Å². The zero-order chi connectivity index (χ0) is 12.9. The molecule has 18 heavy (non-hydrogen) atoms. The summed E-state index contributed by atoms with van der Waals surface area (Å²) in [4.78, 5) is 0. The molecule has 1 fully saturated rings. The van der Waals surface area contributed by atoms with Crippen molar-refractivity contribution >= 4 is 0 Å². The van der Waals surface area contributed by atoms with E-state index in [9.17, 15) is 0 Å². The van der Waals surface area contributed by atoms with Gasteiger partial charge in [-0.1, -0.05) is 95.0 Å². The molecule has 2 rings (SSSR count). The Balaban J connectivity index is 0.000000225. The molecule has 1 aliphatic carbocycles. The van der Waals surface area contributed by atoms with Crippen LogP contribution in [0.5, 0.6) is 0 Å². The van der Waals surface area contributed by atoms with E-state index in [4.69, 9.17) is 0 Å². The molecule has 0 aromatic heterocycles. The van der Waals surface area contributed by atoms with Crippen LogP contribution in [0.3, 0.4) is 0 Å². The van der Waals surface area contributed by atoms with Gasteiger partial charge in [0.15, 0.2) is 0 Å². The average Bonchev–Trinajstić information content (AvgIpc) is 2.47. The minimum Gasteiger partial charge on any atom is -0.0654 e. The fraction of sp³-hybridized carbons (Fsp3) is 0.667. The molecule has 0 aliphatic heterocycles. The maximum Gasteiger partial charge on any atom is -0.0279 e. The number of hydrogen-bond acceptors (Lipinski definition) is 0. The molecule has 102 valence electrons. The van der Waals surface area contributed by atoms with Crippen LogP contribution in [0.2, 0.25) is 0 Å². The molecule has 0 spiro atoms. The second-order valence-corrected chi connectivity index (χ2v) is 5.42. The second-order valence-electron chi connectivity index (χ2n) is 5.42. The molecular weight excluding hydrogens is 216 g/mol. The van der Waals surface area contributed by atoms with Crippen LogP contribution in [0.25, 0.3) is 0 Å². The highest BCUT2D eigenvalue weighted by Gasteiger charge is 1.95. The number of hydrogen-bond donors (Lipinski definition) is 0. The molecule has 0 nitrogen and oxygen atoms in total. The summed E-state index contributed by atoms with van der Waals surface area (Å²) in [6.07, 6.45) is 15.7. The zero-order valence-corrected chi connectivity index (χ0v) is 12.2. The smallest absolute Gasteiger partial charge is 0.0279 e. The number of benzene rings is 1. The van der Waals surface area contributed by atoms with E-state index < -0.39 is 0 Å². The second kappa shape index (κ2) is 11.3. The van der Waals surface area contributed by atoms with Gasteiger partial charge in [-0.25, -0.2) is 0 Å². The predicted molar refractivity (Wildman–Crippen MR) is 82.0 cm³/mol. The van der Waals surface area contributed by atoms with Crippen LogP contribution in [0.1, 0.15) is 76.7 Å². The molecular formula is C18H30. The van der Waals surface area contributed by atoms with Crippen molar-refractivity contribution in [3.05, 3.63) is 35.9 Å². The minimum atomic E-state index is 1.25. The maximum atomic E-state index is 2.25. The van der Waals surface area contributed by atoms with Gasteiger partial charge in [0.1, 0.15) is 0 Å². The zero-order valence-electron chi connectivity index (χ0n) is 12.2. The molecule has 0 atom stereocenters. The van der Waals surface area contributed by atoms with Gasteiger partial charge in [-0.3, -0.25) is 0 Å². The lowest BCUT2D eigenvalue weighted by atomic mass is 10.0. The molecule has 0 heteroatoms. The van der Waals surface area contributed by atoms with Gasteiger partial charge >= 0.3 is 0 Å². The van der Waals surface area contributed by atoms with Crippen molar-refractivity contribution in [1.82, 2.24) is 0 Å². The van der Waals surface area contributed by atoms with Crippen molar-refractivity contribution in [2.45, 2.75) is 77.6 Å². The van der Waals surface area contributed by atoms with Crippen LogP contribution in [-0.2, 0) is 6.42 Å². The molecule has 1 aromatic rings. The minimum absolute atomic E-state index is 1.25. The molecule has 1 aliphatic rings. The predicted octanol–water partition coefficient (Wildman–Crippen LogP) is 6.15. The largest absolute Gasteiger partial charge is 0.0654 e. The molecule has 0 bridgehead atoms. The van der Waals surface area contributed by atoms with E-state index in [1.807, 2.05) is 0 Å². The highest BCUT2D eigenvalue weighted by Crippen LogP contribution is 2.15. The normalized spacial score (nSPS) is 14.7. The third kappa shape index (κ3) is 8.33. The van der Waals surface area contributed by atoms with Crippen LogP contribution < -0.4 is 0 Å². The molecule has 0 saturated heterocycles. The van der Waals surface area contributed by atoms with Crippen molar-refractivity contribution in [2.24, 2.45) is 0 Å². The van der Waals surface area contributed by atoms with Crippen LogP contribution in [0, 0.1) is 0 Å². The highest BCUT2D eigenvalue weighted by molar-refractivity contribution is 5.14. The van der Waals surface area contributed by atoms with Crippen LogP contribution in [0.15, 0.2) is 30.3 Å². The third-order valence-corrected chi connectivity index (χ3v) is 3.66. The summed E-state index contributed by atoms with van der Waals surface area (Å²) in [7, 11) is 0. The Bertz CT molecular complexity index is 247. The molecule has 0 amide bonds. The quantitative estimate of drug-likeness (QED) is 0.547. The van der Waals surface area contributed by atoms with E-state index in [1.165, 1.54) is 76.2 Å². The van der Waals surface area contributed by atoms with Crippen LogP contribution >= 0.6 is 0 Å². The summed E-state index contributed by atoms with van der Waals surface area (Å²) < 4.78 is 0. The molecule has 0 radical (unpaired) electrons. The number of aryl methyl sites for hydroxylation is 1. The first-order valence-electron chi connectivity index (χ1n) is 7.97. The fourth-order valence-corrected chi connectivity index (χ4v) is 2.46. The van der Waals surface area contributed by atoms with Gasteiger partial charge in [-0.05, 0) is 18.4 Å². The average molecular weight is 246 g/mol. The van der Waals surface area contributed by atoms with E-state index in [0.29, 0.717) is 0 Å². The Morgan fingerprint density at radius 2 is 1.28 bits per heavy atom. The van der Waals surface area contributed by atoms with E-state index in [0.717, 1.165) is 0 Å². The highest BCUT2D eigenvalue weighted by atomic mass is 14.0. The third-order valence-electron chi connectivity index (χ3n) is 3.66. The van der Waals surface area contributed by atoms with E-state index in [-0.39, 0.29) is 0 Å². The standard InChI is InChI=1S/C12H18.C6H12/c1-2-3-4-6-9-12-10-7-5-8-11-12;1-2-4-6-5-3-1/h5,7-8,10-11H,2-4,6,9H2,1H3;1-6H2. The lowest BCUT2D eigenvalue weighted by molar-refractivity contribution is 0.504. The van der Waals surface area contributed by atoms with Crippen molar-refractivity contribution < 1.29 is 0 Å². The summed E-state index contributed by atoms with van der Waals surface area (Å²) >= 11 is 0. The Kier molecular flexibility index (Phi) is 9.61. The SMILES string of the molecule is C1CCCCC1.CCCCCCc1ccccc1. The summed E-state index contributed by atoms with van der Waals surface area (Å²) in [5.74, 6) is 0. The topological polar surface area (TPSA) is 0 Å². The molecule has 0 heterocycles. The summed E-state index contributed by atoms with van der Waals surface area (Å²) in [5, 5.41) is 0. The van der Waals surface area contributed by atoms with Gasteiger partial charge in [-0.2, -0.15) is 0 Å². The van der Waals surface area contributed by atoms with Crippen molar-refractivity contribution in [1.29, 1.82) is 0 Å². The van der Waals surface area contributed by atoms with E-state index >= 15 is 0 Å².